The number of hydrogen-bond donors (Lipinski definition) is 1. The van der Waals surface area contributed by atoms with E-state index in [1.807, 2.05) is 6.26 Å². The number of carbonyl (C=O) groups is 1. The Hall–Kier alpha value is -1.38. The van der Waals surface area contributed by atoms with Gasteiger partial charge in [-0.25, -0.2) is 4.39 Å². The standard InChI is InChI=1S/C12H13FN2OS/c1-17-5-4-11(15)12(16)8-2-3-10(13)9(6-8)7-14/h2-3,6,11H,4-5,15H2,1H3/t11-/m0/s1. The van der Waals surface area contributed by atoms with E-state index in [-0.39, 0.29) is 16.9 Å². The van der Waals surface area contributed by atoms with Gasteiger partial charge in [-0.2, -0.15) is 17.0 Å². The van der Waals surface area contributed by atoms with Gasteiger partial charge in [0.25, 0.3) is 0 Å². The van der Waals surface area contributed by atoms with Gasteiger partial charge in [0.15, 0.2) is 5.78 Å². The zero-order valence-electron chi connectivity index (χ0n) is 9.44. The fourth-order valence-electron chi connectivity index (χ4n) is 1.35. The molecular formula is C12H13FN2OS. The van der Waals surface area contributed by atoms with Crippen LogP contribution >= 0.6 is 11.8 Å². The van der Waals surface area contributed by atoms with Crippen LogP contribution in [0.2, 0.25) is 0 Å². The van der Waals surface area contributed by atoms with Crippen molar-refractivity contribution in [3.8, 4) is 6.07 Å². The van der Waals surface area contributed by atoms with Crippen LogP contribution in [0.15, 0.2) is 18.2 Å². The van der Waals surface area contributed by atoms with E-state index in [1.165, 1.54) is 12.1 Å². The molecule has 17 heavy (non-hydrogen) atoms. The fourth-order valence-corrected chi connectivity index (χ4v) is 1.84. The Morgan fingerprint density at radius 1 is 1.65 bits per heavy atom. The maximum atomic E-state index is 13.1. The average molecular weight is 252 g/mol. The van der Waals surface area contributed by atoms with Gasteiger partial charge >= 0.3 is 0 Å². The summed E-state index contributed by atoms with van der Waals surface area (Å²) >= 11 is 1.61. The molecular weight excluding hydrogens is 239 g/mol. The van der Waals surface area contributed by atoms with Gasteiger partial charge in [0.2, 0.25) is 0 Å². The monoisotopic (exact) mass is 252 g/mol. The number of Topliss-reactive ketones (excluding diaryl/α,β-unsaturated/α-hetero) is 1. The number of halogens is 1. The molecule has 1 aromatic rings. The Balaban J connectivity index is 2.86. The number of ketones is 1. The number of rotatable bonds is 5. The van der Waals surface area contributed by atoms with Crippen LogP contribution < -0.4 is 5.73 Å². The van der Waals surface area contributed by atoms with E-state index in [9.17, 15) is 9.18 Å². The van der Waals surface area contributed by atoms with E-state index in [1.54, 1.807) is 17.8 Å². The van der Waals surface area contributed by atoms with Crippen LogP contribution in [-0.2, 0) is 0 Å². The second-order valence-electron chi connectivity index (χ2n) is 3.56. The minimum absolute atomic E-state index is 0.132. The van der Waals surface area contributed by atoms with Gasteiger partial charge < -0.3 is 5.73 Å². The van der Waals surface area contributed by atoms with Crippen molar-refractivity contribution in [1.29, 1.82) is 5.26 Å². The predicted octanol–water partition coefficient (Wildman–Crippen LogP) is 1.96. The second-order valence-corrected chi connectivity index (χ2v) is 4.54. The highest BCUT2D eigenvalue weighted by Crippen LogP contribution is 2.12. The van der Waals surface area contributed by atoms with Crippen LogP contribution in [0.5, 0.6) is 0 Å². The number of thioether (sulfide) groups is 1. The first-order chi connectivity index (χ1) is 8.10. The highest BCUT2D eigenvalue weighted by Gasteiger charge is 2.16. The van der Waals surface area contributed by atoms with Crippen molar-refractivity contribution >= 4 is 17.5 Å². The van der Waals surface area contributed by atoms with Gasteiger partial charge in [-0.1, -0.05) is 0 Å². The van der Waals surface area contributed by atoms with Gasteiger partial charge in [-0.3, -0.25) is 4.79 Å². The molecule has 5 heteroatoms. The van der Waals surface area contributed by atoms with Crippen molar-refractivity contribution < 1.29 is 9.18 Å². The summed E-state index contributed by atoms with van der Waals surface area (Å²) in [7, 11) is 0. The van der Waals surface area contributed by atoms with Crippen molar-refractivity contribution in [2.75, 3.05) is 12.0 Å². The Morgan fingerprint density at radius 3 is 2.94 bits per heavy atom. The molecule has 0 radical (unpaired) electrons. The van der Waals surface area contributed by atoms with E-state index in [0.717, 1.165) is 11.8 Å². The van der Waals surface area contributed by atoms with Crippen LogP contribution in [-0.4, -0.2) is 23.8 Å². The largest absolute Gasteiger partial charge is 0.321 e. The minimum atomic E-state index is -0.623. The number of carbonyl (C=O) groups excluding carboxylic acids is 1. The fraction of sp³-hybridized carbons (Fsp3) is 0.333. The molecule has 90 valence electrons. The Morgan fingerprint density at radius 2 is 2.35 bits per heavy atom. The normalized spacial score (nSPS) is 11.9. The summed E-state index contributed by atoms with van der Waals surface area (Å²) in [6, 6.07) is 4.83. The lowest BCUT2D eigenvalue weighted by Crippen LogP contribution is -2.31. The molecule has 0 saturated carbocycles. The number of nitrogens with zero attached hydrogens (tertiary/aromatic N) is 1. The van der Waals surface area contributed by atoms with Crippen molar-refractivity contribution in [2.24, 2.45) is 5.73 Å². The molecule has 0 aliphatic rings. The second kappa shape index (κ2) is 6.38. The average Bonchev–Trinajstić information content (AvgIpc) is 2.35. The first-order valence-corrected chi connectivity index (χ1v) is 6.48. The van der Waals surface area contributed by atoms with Crippen molar-refractivity contribution in [3.63, 3.8) is 0 Å². The summed E-state index contributed by atoms with van der Waals surface area (Å²) in [6.45, 7) is 0. The third-order valence-electron chi connectivity index (χ3n) is 2.34. The van der Waals surface area contributed by atoms with Gasteiger partial charge in [-0.15, -0.1) is 0 Å². The molecule has 0 amide bonds. The predicted molar refractivity (Wildman–Crippen MR) is 66.4 cm³/mol. The molecule has 0 heterocycles. The highest BCUT2D eigenvalue weighted by atomic mass is 32.2. The molecule has 0 fully saturated rings. The number of hydrogen-bond acceptors (Lipinski definition) is 4. The van der Waals surface area contributed by atoms with E-state index < -0.39 is 11.9 Å². The summed E-state index contributed by atoms with van der Waals surface area (Å²) < 4.78 is 13.1. The third-order valence-corrected chi connectivity index (χ3v) is 2.99. The summed E-state index contributed by atoms with van der Waals surface area (Å²) in [5, 5.41) is 8.67. The first kappa shape index (κ1) is 13.7. The van der Waals surface area contributed by atoms with Crippen LogP contribution in [0.3, 0.4) is 0 Å². The van der Waals surface area contributed by atoms with Crippen LogP contribution in [0.4, 0.5) is 4.39 Å². The summed E-state index contributed by atoms with van der Waals surface area (Å²) in [5.74, 6) is -0.0866. The van der Waals surface area contributed by atoms with E-state index >= 15 is 0 Å². The maximum Gasteiger partial charge on any atom is 0.179 e. The lowest BCUT2D eigenvalue weighted by molar-refractivity contribution is 0.0960. The molecule has 2 N–H and O–H groups in total. The molecule has 0 unspecified atom stereocenters. The summed E-state index contributed by atoms with van der Waals surface area (Å²) in [5.41, 5.74) is 5.88. The first-order valence-electron chi connectivity index (χ1n) is 5.08. The summed E-state index contributed by atoms with van der Waals surface area (Å²) in [4.78, 5) is 11.9. The van der Waals surface area contributed by atoms with Crippen molar-refractivity contribution in [2.45, 2.75) is 12.5 Å². The number of nitrogens with two attached hydrogens (primary N) is 1. The zero-order chi connectivity index (χ0) is 12.8. The Bertz CT molecular complexity index is 456. The van der Waals surface area contributed by atoms with Crippen LogP contribution in [0, 0.1) is 17.1 Å². The number of nitriles is 1. The molecule has 1 rings (SSSR count). The quantitative estimate of drug-likeness (QED) is 0.813. The maximum absolute atomic E-state index is 13.1. The van der Waals surface area contributed by atoms with Crippen LogP contribution in [0.25, 0.3) is 0 Å². The molecule has 0 aliphatic heterocycles. The Kier molecular flexibility index (Phi) is 5.13. The van der Waals surface area contributed by atoms with Gasteiger partial charge in [0.1, 0.15) is 11.9 Å². The molecule has 3 nitrogen and oxygen atoms in total. The molecule has 1 atom stereocenters. The Labute approximate surface area is 104 Å². The molecule has 0 saturated heterocycles. The van der Waals surface area contributed by atoms with E-state index in [4.69, 9.17) is 11.0 Å². The van der Waals surface area contributed by atoms with E-state index in [2.05, 4.69) is 0 Å². The third kappa shape index (κ3) is 3.55. The van der Waals surface area contributed by atoms with Gasteiger partial charge in [-0.05, 0) is 36.6 Å². The zero-order valence-corrected chi connectivity index (χ0v) is 10.3. The molecule has 0 bridgehead atoms. The number of benzene rings is 1. The van der Waals surface area contributed by atoms with Gasteiger partial charge in [0, 0.05) is 5.56 Å². The smallest absolute Gasteiger partial charge is 0.179 e. The SMILES string of the molecule is CSCC[C@H](N)C(=O)c1ccc(F)c(C#N)c1. The van der Waals surface area contributed by atoms with Crippen molar-refractivity contribution in [1.82, 2.24) is 0 Å². The van der Waals surface area contributed by atoms with Gasteiger partial charge in [0.05, 0.1) is 11.6 Å². The minimum Gasteiger partial charge on any atom is -0.321 e. The molecule has 0 aliphatic carbocycles. The topological polar surface area (TPSA) is 66.9 Å². The molecule has 0 aromatic heterocycles. The summed E-state index contributed by atoms with van der Waals surface area (Å²) in [6.07, 6.45) is 2.50. The lowest BCUT2D eigenvalue weighted by atomic mass is 10.0. The van der Waals surface area contributed by atoms with Crippen molar-refractivity contribution in [3.05, 3.63) is 35.1 Å². The van der Waals surface area contributed by atoms with Crippen LogP contribution in [0.1, 0.15) is 22.3 Å². The highest BCUT2D eigenvalue weighted by molar-refractivity contribution is 7.98. The lowest BCUT2D eigenvalue weighted by Gasteiger charge is -2.09. The van der Waals surface area contributed by atoms with E-state index in [0.29, 0.717) is 6.42 Å². The molecule has 1 aromatic carbocycles. The molecule has 0 spiro atoms.